The minimum atomic E-state index is -1.71. The highest BCUT2D eigenvalue weighted by molar-refractivity contribution is 5.92. The van der Waals surface area contributed by atoms with Crippen molar-refractivity contribution >= 4 is 17.9 Å². The van der Waals surface area contributed by atoms with Crippen LogP contribution in [0.3, 0.4) is 0 Å². The van der Waals surface area contributed by atoms with Gasteiger partial charge >= 0.3 is 17.9 Å². The average Bonchev–Trinajstić information content (AvgIpc) is 2.96. The first-order valence-electron chi connectivity index (χ1n) is 12.3. The van der Waals surface area contributed by atoms with Crippen LogP contribution in [-0.4, -0.2) is 100 Å². The first-order chi connectivity index (χ1) is 20.7. The van der Waals surface area contributed by atoms with Crippen LogP contribution in [0.5, 0.6) is 51.7 Å². The molecular formula is C27H24O17. The predicted molar refractivity (Wildman–Crippen MR) is 138 cm³/mol. The Morgan fingerprint density at radius 3 is 1.39 bits per heavy atom. The third-order valence-electron chi connectivity index (χ3n) is 6.30. The van der Waals surface area contributed by atoms with E-state index in [-0.39, 0.29) is 0 Å². The Bertz CT molecular complexity index is 1550. The maximum Gasteiger partial charge on any atom is 0.338 e. The molecule has 0 amide bonds. The Morgan fingerprint density at radius 1 is 0.614 bits per heavy atom. The van der Waals surface area contributed by atoms with Crippen molar-refractivity contribution in [3.63, 3.8) is 0 Å². The highest BCUT2D eigenvalue weighted by Gasteiger charge is 2.44. The van der Waals surface area contributed by atoms with Gasteiger partial charge in [0.1, 0.15) is 18.8 Å². The van der Waals surface area contributed by atoms with Crippen LogP contribution in [0.15, 0.2) is 36.4 Å². The number of rotatable bonds is 7. The zero-order valence-electron chi connectivity index (χ0n) is 22.0. The van der Waals surface area contributed by atoms with Crippen LogP contribution in [-0.2, 0) is 18.9 Å². The van der Waals surface area contributed by atoms with Gasteiger partial charge in [0.05, 0.1) is 16.7 Å². The summed E-state index contributed by atoms with van der Waals surface area (Å²) in [5, 5.41) is 97.3. The van der Waals surface area contributed by atoms with Crippen LogP contribution in [0.25, 0.3) is 0 Å². The molecule has 1 heterocycles. The molecule has 1 fully saturated rings. The quantitative estimate of drug-likeness (QED) is 0.0990. The Balaban J connectivity index is 1.62. The predicted octanol–water partition coefficient (Wildman–Crippen LogP) is 0.752. The Hall–Kier alpha value is -5.81. The van der Waals surface area contributed by atoms with Crippen molar-refractivity contribution in [2.24, 2.45) is 0 Å². The van der Waals surface area contributed by atoms with E-state index in [2.05, 4.69) is 0 Å². The number of carbonyl (C=O) groups excluding carboxylic acids is 3. The van der Waals surface area contributed by atoms with Crippen LogP contribution < -0.4 is 0 Å². The lowest BCUT2D eigenvalue weighted by Crippen LogP contribution is -2.54. The second kappa shape index (κ2) is 12.2. The summed E-state index contributed by atoms with van der Waals surface area (Å²) in [5.74, 6) is -11.8. The number of esters is 3. The third kappa shape index (κ3) is 6.48. The first-order valence-corrected chi connectivity index (χ1v) is 12.3. The van der Waals surface area contributed by atoms with E-state index in [0.29, 0.717) is 0 Å². The lowest BCUT2D eigenvalue weighted by Gasteiger charge is -2.38. The summed E-state index contributed by atoms with van der Waals surface area (Å²) in [6, 6.07) is 4.50. The Labute approximate surface area is 245 Å². The summed E-state index contributed by atoms with van der Waals surface area (Å²) in [4.78, 5) is 38.5. The lowest BCUT2D eigenvalue weighted by atomic mass is 10.0. The van der Waals surface area contributed by atoms with Crippen molar-refractivity contribution < 1.29 is 84.4 Å². The normalized spacial score (nSPS) is 19.6. The first kappa shape index (κ1) is 31.1. The molecule has 1 saturated heterocycles. The molecule has 44 heavy (non-hydrogen) atoms. The molecule has 0 bridgehead atoms. The maximum absolute atomic E-state index is 13.0. The van der Waals surface area contributed by atoms with Crippen LogP contribution in [0.2, 0.25) is 0 Å². The summed E-state index contributed by atoms with van der Waals surface area (Å²) < 4.78 is 21.2. The number of aliphatic hydroxyl groups excluding tert-OH is 1. The number of hydrogen-bond donors (Lipinski definition) is 10. The molecule has 10 N–H and O–H groups in total. The van der Waals surface area contributed by atoms with Crippen molar-refractivity contribution in [3.05, 3.63) is 53.1 Å². The monoisotopic (exact) mass is 620 g/mol. The van der Waals surface area contributed by atoms with Gasteiger partial charge < -0.3 is 70.0 Å². The van der Waals surface area contributed by atoms with Crippen LogP contribution >= 0.6 is 0 Å². The molecule has 4 unspecified atom stereocenters. The van der Waals surface area contributed by atoms with Gasteiger partial charge in [0.25, 0.3) is 0 Å². The highest BCUT2D eigenvalue weighted by Crippen LogP contribution is 2.38. The highest BCUT2D eigenvalue weighted by atomic mass is 16.7. The lowest BCUT2D eigenvalue weighted by molar-refractivity contribution is -0.239. The summed E-state index contributed by atoms with van der Waals surface area (Å²) in [5.41, 5.74) is -1.42. The number of carbonyl (C=O) groups is 3. The standard InChI is InChI=1S/C27H24O17/c28-12-1-9(2-13(29)21(12)35)25(38)41-8-19-24(44-27(40)11-5-16(32)23(37)17(33)6-11)18(7-20(34)42-19)43-26(39)10-3-14(30)22(36)15(31)4-10/h1-6,18-20,24,28-37H,7-8H2. The largest absolute Gasteiger partial charge is 0.504 e. The SMILES string of the molecule is O=C(OCC1OC(O)CC(OC(=O)c2cc(O)c(O)c(O)c2)C1OC(=O)c1cc(O)c(O)c(O)c1)c1cc(O)c(O)c(O)c1. The zero-order chi connectivity index (χ0) is 32.5. The summed E-state index contributed by atoms with van der Waals surface area (Å²) in [6.07, 6.45) is -7.14. The fourth-order valence-corrected chi connectivity index (χ4v) is 4.11. The minimum absolute atomic E-state index is 0.437. The number of aromatic hydroxyl groups is 9. The number of aliphatic hydroxyl groups is 1. The molecule has 0 aliphatic carbocycles. The minimum Gasteiger partial charge on any atom is -0.504 e. The molecule has 1 aliphatic rings. The smallest absolute Gasteiger partial charge is 0.338 e. The number of phenolic OH excluding ortho intramolecular Hbond substituents is 9. The molecule has 1 aliphatic heterocycles. The molecule has 234 valence electrons. The zero-order valence-corrected chi connectivity index (χ0v) is 22.0. The number of benzene rings is 3. The van der Waals surface area contributed by atoms with E-state index >= 15 is 0 Å². The topological polar surface area (TPSA) is 290 Å². The fourth-order valence-electron chi connectivity index (χ4n) is 4.11. The molecular weight excluding hydrogens is 596 g/mol. The second-order valence-corrected chi connectivity index (χ2v) is 9.37. The molecule has 0 radical (unpaired) electrons. The molecule has 3 aromatic rings. The van der Waals surface area contributed by atoms with E-state index < -0.39 is 124 Å². The van der Waals surface area contributed by atoms with E-state index in [1.54, 1.807) is 0 Å². The van der Waals surface area contributed by atoms with Gasteiger partial charge in [-0.1, -0.05) is 0 Å². The van der Waals surface area contributed by atoms with E-state index in [9.17, 15) is 65.4 Å². The molecule has 4 rings (SSSR count). The second-order valence-electron chi connectivity index (χ2n) is 9.37. The molecule has 0 saturated carbocycles. The molecule has 0 aromatic heterocycles. The van der Waals surface area contributed by atoms with Gasteiger partial charge in [0.15, 0.2) is 64.1 Å². The van der Waals surface area contributed by atoms with Crippen LogP contribution in [0.4, 0.5) is 0 Å². The molecule has 17 heteroatoms. The van der Waals surface area contributed by atoms with Gasteiger partial charge in [-0.15, -0.1) is 0 Å². The summed E-state index contributed by atoms with van der Waals surface area (Å²) in [6.45, 7) is -0.822. The van der Waals surface area contributed by atoms with Crippen molar-refractivity contribution in [2.75, 3.05) is 6.61 Å². The van der Waals surface area contributed by atoms with Crippen LogP contribution in [0, 0.1) is 0 Å². The van der Waals surface area contributed by atoms with Gasteiger partial charge in [-0.2, -0.15) is 0 Å². The average molecular weight is 620 g/mol. The van der Waals surface area contributed by atoms with Gasteiger partial charge in [-0.3, -0.25) is 0 Å². The number of ether oxygens (including phenoxy) is 4. The van der Waals surface area contributed by atoms with E-state index in [1.165, 1.54) is 0 Å². The van der Waals surface area contributed by atoms with Gasteiger partial charge in [0, 0.05) is 6.42 Å². The van der Waals surface area contributed by atoms with Crippen molar-refractivity contribution in [1.82, 2.24) is 0 Å². The van der Waals surface area contributed by atoms with Gasteiger partial charge in [0.2, 0.25) is 0 Å². The van der Waals surface area contributed by atoms with E-state index in [0.717, 1.165) is 36.4 Å². The van der Waals surface area contributed by atoms with E-state index in [4.69, 9.17) is 18.9 Å². The fraction of sp³-hybridized carbons (Fsp3) is 0.222. The van der Waals surface area contributed by atoms with E-state index in [1.807, 2.05) is 0 Å². The van der Waals surface area contributed by atoms with Crippen molar-refractivity contribution in [1.29, 1.82) is 0 Å². The molecule has 3 aromatic carbocycles. The van der Waals surface area contributed by atoms with Gasteiger partial charge in [-0.25, -0.2) is 14.4 Å². The Kier molecular flexibility index (Phi) is 8.63. The Morgan fingerprint density at radius 2 is 0.977 bits per heavy atom. The molecule has 17 nitrogen and oxygen atoms in total. The molecule has 4 atom stereocenters. The maximum atomic E-state index is 13.0. The summed E-state index contributed by atoms with van der Waals surface area (Å²) in [7, 11) is 0. The third-order valence-corrected chi connectivity index (χ3v) is 6.30. The number of hydrogen-bond acceptors (Lipinski definition) is 17. The van der Waals surface area contributed by atoms with Crippen molar-refractivity contribution in [3.8, 4) is 51.7 Å². The van der Waals surface area contributed by atoms with Crippen LogP contribution in [0.1, 0.15) is 37.5 Å². The summed E-state index contributed by atoms with van der Waals surface area (Å²) >= 11 is 0. The molecule has 0 spiro atoms. The van der Waals surface area contributed by atoms with Crippen molar-refractivity contribution in [2.45, 2.75) is 31.0 Å². The van der Waals surface area contributed by atoms with Gasteiger partial charge in [-0.05, 0) is 36.4 Å². The number of phenols is 9.